The van der Waals surface area contributed by atoms with E-state index in [9.17, 15) is 19.7 Å². The number of nitro groups is 1. The average Bonchev–Trinajstić information content (AvgIpc) is 2.43. The molecule has 1 aromatic heterocycles. The number of nitrogens with zero attached hydrogens (tertiary/aromatic N) is 2. The Morgan fingerprint density at radius 2 is 2.24 bits per heavy atom. The zero-order chi connectivity index (χ0) is 15.8. The van der Waals surface area contributed by atoms with Crippen LogP contribution in [0.25, 0.3) is 0 Å². The minimum atomic E-state index is -1.28. The highest BCUT2D eigenvalue weighted by Gasteiger charge is 2.13. The summed E-state index contributed by atoms with van der Waals surface area (Å²) in [5, 5.41) is 22.0. The SMILES string of the molecule is CCOC(=O)C/C(=C/Nc1ccc([N+](=O)[O-])cn1)C(=O)O. The van der Waals surface area contributed by atoms with Gasteiger partial charge in [-0.25, -0.2) is 9.78 Å². The van der Waals surface area contributed by atoms with Gasteiger partial charge in [0.15, 0.2) is 0 Å². The molecular formula is C12H13N3O6. The van der Waals surface area contributed by atoms with Crippen molar-refractivity contribution in [2.75, 3.05) is 11.9 Å². The van der Waals surface area contributed by atoms with Gasteiger partial charge in [-0.15, -0.1) is 0 Å². The first-order chi connectivity index (χ1) is 9.93. The lowest BCUT2D eigenvalue weighted by molar-refractivity contribution is -0.385. The van der Waals surface area contributed by atoms with Crippen LogP contribution >= 0.6 is 0 Å². The maximum atomic E-state index is 11.2. The molecule has 0 amide bonds. The Bertz CT molecular complexity index is 567. The Kier molecular flexibility index (Phi) is 5.80. The molecule has 0 spiro atoms. The van der Waals surface area contributed by atoms with E-state index in [-0.39, 0.29) is 23.7 Å². The number of anilines is 1. The molecule has 0 atom stereocenters. The molecule has 0 unspecified atom stereocenters. The van der Waals surface area contributed by atoms with Crippen molar-refractivity contribution in [3.8, 4) is 0 Å². The first kappa shape index (κ1) is 16.1. The van der Waals surface area contributed by atoms with E-state index in [0.717, 1.165) is 12.4 Å². The van der Waals surface area contributed by atoms with Gasteiger partial charge in [0.05, 0.1) is 23.5 Å². The predicted molar refractivity (Wildman–Crippen MR) is 71.5 cm³/mol. The van der Waals surface area contributed by atoms with E-state index in [1.54, 1.807) is 6.92 Å². The van der Waals surface area contributed by atoms with Crippen molar-refractivity contribution in [1.82, 2.24) is 4.98 Å². The first-order valence-corrected chi connectivity index (χ1v) is 5.89. The van der Waals surface area contributed by atoms with Crippen molar-refractivity contribution in [2.45, 2.75) is 13.3 Å². The molecule has 1 aromatic rings. The van der Waals surface area contributed by atoms with Crippen molar-refractivity contribution in [3.63, 3.8) is 0 Å². The van der Waals surface area contributed by atoms with Crippen molar-refractivity contribution < 1.29 is 24.4 Å². The molecule has 112 valence electrons. The van der Waals surface area contributed by atoms with Crippen molar-refractivity contribution in [1.29, 1.82) is 0 Å². The number of carboxylic acids is 1. The third-order valence-electron chi connectivity index (χ3n) is 2.27. The second-order valence-corrected chi connectivity index (χ2v) is 3.76. The first-order valence-electron chi connectivity index (χ1n) is 5.89. The number of rotatable bonds is 7. The molecule has 2 N–H and O–H groups in total. The zero-order valence-electron chi connectivity index (χ0n) is 11.1. The van der Waals surface area contributed by atoms with Gasteiger partial charge in [-0.3, -0.25) is 14.9 Å². The monoisotopic (exact) mass is 295 g/mol. The second kappa shape index (κ2) is 7.58. The van der Waals surface area contributed by atoms with Crippen LogP contribution in [0, 0.1) is 10.1 Å². The summed E-state index contributed by atoms with van der Waals surface area (Å²) < 4.78 is 4.66. The largest absolute Gasteiger partial charge is 0.478 e. The van der Waals surface area contributed by atoms with Crippen molar-refractivity contribution in [2.24, 2.45) is 0 Å². The third kappa shape index (κ3) is 5.27. The molecule has 0 fully saturated rings. The summed E-state index contributed by atoms with van der Waals surface area (Å²) >= 11 is 0. The number of carboxylic acid groups (broad SMARTS) is 1. The number of aromatic nitrogens is 1. The van der Waals surface area contributed by atoms with E-state index in [4.69, 9.17) is 5.11 Å². The Morgan fingerprint density at radius 1 is 1.52 bits per heavy atom. The van der Waals surface area contributed by atoms with Gasteiger partial charge in [-0.05, 0) is 13.0 Å². The summed E-state index contributed by atoms with van der Waals surface area (Å²) in [4.78, 5) is 35.8. The summed E-state index contributed by atoms with van der Waals surface area (Å²) in [5.41, 5.74) is -0.400. The summed E-state index contributed by atoms with van der Waals surface area (Å²) in [5.74, 6) is -1.73. The summed E-state index contributed by atoms with van der Waals surface area (Å²) in [6.07, 6.45) is 1.72. The van der Waals surface area contributed by atoms with Crippen molar-refractivity contribution >= 4 is 23.4 Å². The topological polar surface area (TPSA) is 132 Å². The molecule has 1 heterocycles. The van der Waals surface area contributed by atoms with E-state index in [1.165, 1.54) is 12.1 Å². The van der Waals surface area contributed by atoms with Crippen LogP contribution < -0.4 is 5.32 Å². The lowest BCUT2D eigenvalue weighted by atomic mass is 10.2. The van der Waals surface area contributed by atoms with E-state index in [2.05, 4.69) is 15.0 Å². The van der Waals surface area contributed by atoms with Crippen LogP contribution in [0.2, 0.25) is 0 Å². The Hall–Kier alpha value is -2.97. The minimum Gasteiger partial charge on any atom is -0.478 e. The standard InChI is InChI=1S/C12H13N3O6/c1-2-21-11(16)5-8(12(17)18)6-13-10-4-3-9(7-14-10)15(19)20/h3-4,6-7H,2,5H2,1H3,(H,13,14)(H,17,18)/b8-6-. The highest BCUT2D eigenvalue weighted by molar-refractivity contribution is 5.92. The highest BCUT2D eigenvalue weighted by atomic mass is 16.6. The molecule has 9 nitrogen and oxygen atoms in total. The quantitative estimate of drug-likeness (QED) is 0.333. The smallest absolute Gasteiger partial charge is 0.333 e. The number of ether oxygens (including phenoxy) is 1. The lowest BCUT2D eigenvalue weighted by Gasteiger charge is -2.04. The van der Waals surface area contributed by atoms with E-state index >= 15 is 0 Å². The maximum Gasteiger partial charge on any atom is 0.333 e. The van der Waals surface area contributed by atoms with Gasteiger partial charge in [-0.2, -0.15) is 0 Å². The van der Waals surface area contributed by atoms with Crippen LogP contribution in [-0.4, -0.2) is 33.6 Å². The molecule has 0 aliphatic heterocycles. The van der Waals surface area contributed by atoms with Crippen LogP contribution in [0.3, 0.4) is 0 Å². The van der Waals surface area contributed by atoms with E-state index in [0.29, 0.717) is 0 Å². The Labute approximate surface area is 119 Å². The molecule has 1 rings (SSSR count). The van der Waals surface area contributed by atoms with Gasteiger partial charge in [0.2, 0.25) is 0 Å². The Morgan fingerprint density at radius 3 is 2.71 bits per heavy atom. The maximum absolute atomic E-state index is 11.2. The van der Waals surface area contributed by atoms with E-state index in [1.807, 2.05) is 0 Å². The number of nitrogens with one attached hydrogen (secondary N) is 1. The molecule has 21 heavy (non-hydrogen) atoms. The molecule has 0 aliphatic rings. The molecule has 0 radical (unpaired) electrons. The van der Waals surface area contributed by atoms with Crippen LogP contribution in [0.4, 0.5) is 11.5 Å². The average molecular weight is 295 g/mol. The van der Waals surface area contributed by atoms with Crippen LogP contribution in [0.15, 0.2) is 30.1 Å². The highest BCUT2D eigenvalue weighted by Crippen LogP contribution is 2.12. The Balaban J connectivity index is 2.76. The molecule has 0 aromatic carbocycles. The normalized spacial score (nSPS) is 10.8. The van der Waals surface area contributed by atoms with Crippen LogP contribution in [0.5, 0.6) is 0 Å². The number of pyridine rings is 1. The second-order valence-electron chi connectivity index (χ2n) is 3.76. The zero-order valence-corrected chi connectivity index (χ0v) is 11.1. The van der Waals surface area contributed by atoms with Gasteiger partial charge < -0.3 is 15.2 Å². The molecule has 0 bridgehead atoms. The fourth-order valence-corrected chi connectivity index (χ4v) is 1.30. The van der Waals surface area contributed by atoms with E-state index < -0.39 is 23.3 Å². The molecule has 9 heteroatoms. The lowest BCUT2D eigenvalue weighted by Crippen LogP contribution is -2.12. The number of esters is 1. The fraction of sp³-hybridized carbons (Fsp3) is 0.250. The number of hydrogen-bond donors (Lipinski definition) is 2. The molecule has 0 aliphatic carbocycles. The number of carbonyl (C=O) groups excluding carboxylic acids is 1. The van der Waals surface area contributed by atoms with Crippen LogP contribution in [0.1, 0.15) is 13.3 Å². The summed E-state index contributed by atoms with van der Waals surface area (Å²) in [6.45, 7) is 1.77. The number of carbonyl (C=O) groups is 2. The van der Waals surface area contributed by atoms with Crippen molar-refractivity contribution in [3.05, 3.63) is 40.2 Å². The van der Waals surface area contributed by atoms with Gasteiger partial charge >= 0.3 is 11.9 Å². The van der Waals surface area contributed by atoms with Gasteiger partial charge in [0.1, 0.15) is 12.0 Å². The summed E-state index contributed by atoms with van der Waals surface area (Å²) in [6, 6.07) is 2.54. The van der Waals surface area contributed by atoms with Gasteiger partial charge in [-0.1, -0.05) is 0 Å². The molecular weight excluding hydrogens is 282 g/mol. The van der Waals surface area contributed by atoms with Gasteiger partial charge in [0, 0.05) is 12.3 Å². The molecule has 0 saturated heterocycles. The number of aliphatic carboxylic acids is 1. The minimum absolute atomic E-state index is 0.156. The molecule has 0 saturated carbocycles. The third-order valence-corrected chi connectivity index (χ3v) is 2.27. The summed E-state index contributed by atoms with van der Waals surface area (Å²) in [7, 11) is 0. The fourth-order valence-electron chi connectivity index (χ4n) is 1.30. The van der Waals surface area contributed by atoms with Crippen LogP contribution in [-0.2, 0) is 14.3 Å². The van der Waals surface area contributed by atoms with Gasteiger partial charge in [0.25, 0.3) is 5.69 Å². The number of hydrogen-bond acceptors (Lipinski definition) is 7. The predicted octanol–water partition coefficient (Wildman–Crippen LogP) is 1.32.